The fraction of sp³-hybridized carbons (Fsp3) is 0.257. The minimum Gasteiger partial charge on any atom is -0.492 e. The van der Waals surface area contributed by atoms with Crippen molar-refractivity contribution < 1.29 is 38.4 Å². The summed E-state index contributed by atoms with van der Waals surface area (Å²) >= 11 is 12.2. The van der Waals surface area contributed by atoms with E-state index in [1.54, 1.807) is 73.7 Å². The second-order valence-electron chi connectivity index (χ2n) is 10.1. The van der Waals surface area contributed by atoms with Crippen LogP contribution in [0.1, 0.15) is 18.1 Å². The summed E-state index contributed by atoms with van der Waals surface area (Å²) < 4.78 is 28.4. The normalized spacial score (nSPS) is 11.5. The molecule has 0 aliphatic carbocycles. The summed E-state index contributed by atoms with van der Waals surface area (Å²) in [5.74, 6) is 1.22. The first kappa shape index (κ1) is 34.6. The van der Waals surface area contributed by atoms with E-state index < -0.39 is 18.2 Å². The van der Waals surface area contributed by atoms with E-state index in [9.17, 15) is 14.7 Å². The number of rotatable bonds is 17. The van der Waals surface area contributed by atoms with Gasteiger partial charge >= 0.3 is 12.1 Å². The number of para-hydroxylation sites is 1. The Morgan fingerprint density at radius 1 is 0.761 bits per heavy atom. The fourth-order valence-electron chi connectivity index (χ4n) is 4.35. The van der Waals surface area contributed by atoms with Gasteiger partial charge in [0.05, 0.1) is 19.8 Å². The molecule has 0 fully saturated rings. The average Bonchev–Trinajstić information content (AvgIpc) is 3.03. The molecule has 0 aromatic heterocycles. The van der Waals surface area contributed by atoms with Crippen LogP contribution in [0.2, 0.25) is 10.0 Å². The van der Waals surface area contributed by atoms with Crippen LogP contribution in [0.25, 0.3) is 0 Å². The van der Waals surface area contributed by atoms with Gasteiger partial charge in [-0.25, -0.2) is 9.59 Å². The molecule has 9 nitrogen and oxygen atoms in total. The number of benzene rings is 4. The molecule has 4 rings (SSSR count). The highest BCUT2D eigenvalue weighted by Crippen LogP contribution is 2.24. The highest BCUT2D eigenvalue weighted by Gasteiger charge is 2.19. The molecule has 11 heteroatoms. The molecule has 1 unspecified atom stereocenters. The van der Waals surface area contributed by atoms with Gasteiger partial charge < -0.3 is 33.7 Å². The van der Waals surface area contributed by atoms with Crippen LogP contribution in [0.4, 0.5) is 4.79 Å². The highest BCUT2D eigenvalue weighted by atomic mass is 35.5. The lowest BCUT2D eigenvalue weighted by molar-refractivity contribution is -0.149. The molecule has 0 saturated carbocycles. The minimum absolute atomic E-state index is 0.179. The van der Waals surface area contributed by atoms with Crippen LogP contribution in [-0.2, 0) is 27.3 Å². The van der Waals surface area contributed by atoms with Crippen molar-refractivity contribution in [1.29, 1.82) is 0 Å². The number of carboxylic acids is 1. The van der Waals surface area contributed by atoms with Gasteiger partial charge in [-0.1, -0.05) is 53.5 Å². The number of carbonyl (C=O) groups is 2. The number of ether oxygens (including phenoxy) is 5. The molecule has 1 atom stereocenters. The van der Waals surface area contributed by atoms with Crippen molar-refractivity contribution in [2.45, 2.75) is 26.1 Å². The number of nitrogens with zero attached hydrogens (tertiary/aromatic N) is 1. The third-order valence-electron chi connectivity index (χ3n) is 6.58. The SMILES string of the molecule is CCOC(Cc1ccc(OCCN(CCOCc2cc(Cl)cc(Cl)c2)C(=O)Oc2ccc(Oc3ccccc3)cc2)cc1)C(=O)O. The smallest absolute Gasteiger partial charge is 0.415 e. The molecule has 0 aliphatic rings. The first-order valence-electron chi connectivity index (χ1n) is 14.7. The molecule has 0 bridgehead atoms. The first-order valence-corrected chi connectivity index (χ1v) is 15.4. The van der Waals surface area contributed by atoms with Crippen molar-refractivity contribution in [2.24, 2.45) is 0 Å². The van der Waals surface area contributed by atoms with Gasteiger partial charge in [0, 0.05) is 29.6 Å². The van der Waals surface area contributed by atoms with Crippen molar-refractivity contribution in [2.75, 3.05) is 32.9 Å². The van der Waals surface area contributed by atoms with Crippen LogP contribution >= 0.6 is 23.2 Å². The Labute approximate surface area is 278 Å². The van der Waals surface area contributed by atoms with Gasteiger partial charge in [-0.15, -0.1) is 0 Å². The molecule has 0 radical (unpaired) electrons. The Morgan fingerprint density at radius 3 is 2.02 bits per heavy atom. The number of carbonyl (C=O) groups excluding carboxylic acids is 1. The molecule has 1 amide bonds. The molecule has 0 saturated heterocycles. The summed E-state index contributed by atoms with van der Waals surface area (Å²) in [7, 11) is 0. The van der Waals surface area contributed by atoms with E-state index in [1.165, 1.54) is 4.90 Å². The molecule has 1 N–H and O–H groups in total. The van der Waals surface area contributed by atoms with Crippen LogP contribution in [0, 0.1) is 0 Å². The van der Waals surface area contributed by atoms with E-state index in [2.05, 4.69) is 0 Å². The lowest BCUT2D eigenvalue weighted by atomic mass is 10.1. The summed E-state index contributed by atoms with van der Waals surface area (Å²) in [5.41, 5.74) is 1.61. The van der Waals surface area contributed by atoms with E-state index in [4.69, 9.17) is 46.9 Å². The molecule has 242 valence electrons. The van der Waals surface area contributed by atoms with Gasteiger partial charge in [0.1, 0.15) is 29.6 Å². The summed E-state index contributed by atoms with van der Waals surface area (Å²) in [6.07, 6.45) is -1.24. The molecular weight excluding hydrogens is 633 g/mol. The van der Waals surface area contributed by atoms with Crippen molar-refractivity contribution in [3.05, 3.63) is 118 Å². The maximum Gasteiger partial charge on any atom is 0.415 e. The Kier molecular flexibility index (Phi) is 13.5. The lowest BCUT2D eigenvalue weighted by Crippen LogP contribution is -2.39. The van der Waals surface area contributed by atoms with Crippen LogP contribution in [0.5, 0.6) is 23.0 Å². The molecule has 4 aromatic rings. The predicted molar refractivity (Wildman–Crippen MR) is 175 cm³/mol. The lowest BCUT2D eigenvalue weighted by Gasteiger charge is -2.22. The van der Waals surface area contributed by atoms with Gasteiger partial charge in [0.2, 0.25) is 0 Å². The van der Waals surface area contributed by atoms with Crippen molar-refractivity contribution in [3.63, 3.8) is 0 Å². The predicted octanol–water partition coefficient (Wildman–Crippen LogP) is 7.91. The van der Waals surface area contributed by atoms with Crippen LogP contribution in [-0.4, -0.2) is 61.1 Å². The zero-order valence-electron chi connectivity index (χ0n) is 25.3. The topological polar surface area (TPSA) is 104 Å². The van der Waals surface area contributed by atoms with E-state index in [1.807, 2.05) is 30.3 Å². The summed E-state index contributed by atoms with van der Waals surface area (Å²) in [6, 6.07) is 28.4. The number of halogens is 2. The Bertz CT molecular complexity index is 1510. The van der Waals surface area contributed by atoms with Crippen molar-refractivity contribution >= 4 is 35.3 Å². The zero-order valence-corrected chi connectivity index (χ0v) is 26.8. The largest absolute Gasteiger partial charge is 0.492 e. The Morgan fingerprint density at radius 2 is 1.37 bits per heavy atom. The van der Waals surface area contributed by atoms with Crippen molar-refractivity contribution in [3.8, 4) is 23.0 Å². The number of aliphatic carboxylic acids is 1. The molecule has 46 heavy (non-hydrogen) atoms. The zero-order chi connectivity index (χ0) is 32.7. The average molecular weight is 669 g/mol. The summed E-state index contributed by atoms with van der Waals surface area (Å²) in [4.78, 5) is 26.1. The second kappa shape index (κ2) is 18.0. The fourth-order valence-corrected chi connectivity index (χ4v) is 4.92. The Balaban J connectivity index is 1.33. The van der Waals surface area contributed by atoms with Gasteiger partial charge in [0.15, 0.2) is 6.10 Å². The van der Waals surface area contributed by atoms with Gasteiger partial charge in [-0.3, -0.25) is 0 Å². The van der Waals surface area contributed by atoms with E-state index in [-0.39, 0.29) is 39.3 Å². The summed E-state index contributed by atoms with van der Waals surface area (Å²) in [6.45, 7) is 3.19. The first-order chi connectivity index (χ1) is 22.3. The van der Waals surface area contributed by atoms with Crippen LogP contribution in [0.3, 0.4) is 0 Å². The number of hydrogen-bond donors (Lipinski definition) is 1. The van der Waals surface area contributed by atoms with Crippen LogP contribution in [0.15, 0.2) is 97.1 Å². The highest BCUT2D eigenvalue weighted by molar-refractivity contribution is 6.34. The third kappa shape index (κ3) is 11.6. The maximum absolute atomic E-state index is 13.2. The standard InChI is InChI=1S/C35H35Cl2NO8/c1-2-43-33(34(39)40)22-25-8-10-29(11-9-25)44-19-17-38(16-18-42-24-26-20-27(36)23-28(37)21-26)35(41)46-32-14-12-31(13-15-32)45-30-6-4-3-5-7-30/h3-15,20-21,23,33H,2,16-19,22,24H2,1H3,(H,39,40). The van der Waals surface area contributed by atoms with Crippen molar-refractivity contribution in [1.82, 2.24) is 4.90 Å². The van der Waals surface area contributed by atoms with Gasteiger partial charge in [-0.2, -0.15) is 0 Å². The molecule has 0 heterocycles. The Hall–Kier alpha value is -4.28. The molecule has 0 aliphatic heterocycles. The van der Waals surface area contributed by atoms with Crippen LogP contribution < -0.4 is 14.2 Å². The van der Waals surface area contributed by atoms with Gasteiger partial charge in [0.25, 0.3) is 0 Å². The van der Waals surface area contributed by atoms with Gasteiger partial charge in [-0.05, 0) is 84.8 Å². The molecule has 0 spiro atoms. The molecular formula is C35H35Cl2NO8. The second-order valence-corrected chi connectivity index (χ2v) is 10.9. The summed E-state index contributed by atoms with van der Waals surface area (Å²) in [5, 5.41) is 10.4. The monoisotopic (exact) mass is 667 g/mol. The third-order valence-corrected chi connectivity index (χ3v) is 7.02. The maximum atomic E-state index is 13.2. The van der Waals surface area contributed by atoms with E-state index >= 15 is 0 Å². The molecule has 4 aromatic carbocycles. The number of amides is 1. The number of hydrogen-bond acceptors (Lipinski definition) is 7. The number of carboxylic acid groups (broad SMARTS) is 1. The quantitative estimate of drug-likeness (QED) is 0.113. The minimum atomic E-state index is -1.01. The van der Waals surface area contributed by atoms with E-state index in [0.29, 0.717) is 39.7 Å². The van der Waals surface area contributed by atoms with E-state index in [0.717, 1.165) is 11.1 Å².